The van der Waals surface area contributed by atoms with Crippen LogP contribution in [0, 0.1) is 0 Å². The highest BCUT2D eigenvalue weighted by molar-refractivity contribution is 9.11. The summed E-state index contributed by atoms with van der Waals surface area (Å²) in [5, 5.41) is 20.8. The van der Waals surface area contributed by atoms with E-state index in [-0.39, 0.29) is 0 Å². The molecule has 0 bridgehead atoms. The van der Waals surface area contributed by atoms with Gasteiger partial charge in [0.05, 0.1) is 7.57 Å². The average molecular weight is 600 g/mol. The molecule has 0 saturated carbocycles. The lowest BCUT2D eigenvalue weighted by atomic mass is 10.0. The number of halogens is 2. The van der Waals surface area contributed by atoms with Gasteiger partial charge in [-0.15, -0.1) is 45.3 Å². The molecule has 1 aromatic carbocycles. The Morgan fingerprint density at radius 3 is 1.40 bits per heavy atom. The Labute approximate surface area is 202 Å². The minimum Gasteiger partial charge on any atom is -0.477 e. The van der Waals surface area contributed by atoms with Gasteiger partial charge in [0.1, 0.15) is 9.75 Å². The Morgan fingerprint density at radius 1 is 0.667 bits per heavy atom. The first-order valence-electron chi connectivity index (χ1n) is 8.34. The van der Waals surface area contributed by atoms with Crippen LogP contribution in [-0.4, -0.2) is 22.2 Å². The van der Waals surface area contributed by atoms with Gasteiger partial charge in [-0.2, -0.15) is 0 Å². The van der Waals surface area contributed by atoms with Crippen molar-refractivity contribution in [2.24, 2.45) is 0 Å². The number of rotatable bonds is 4. The Balaban J connectivity index is 1.90. The first-order valence-corrected chi connectivity index (χ1v) is 13.2. The maximum absolute atomic E-state index is 11.4. The fourth-order valence-electron chi connectivity index (χ4n) is 3.37. The van der Waals surface area contributed by atoms with Crippen LogP contribution in [0.1, 0.15) is 19.3 Å². The van der Waals surface area contributed by atoms with E-state index in [4.69, 9.17) is 0 Å². The van der Waals surface area contributed by atoms with E-state index in [2.05, 4.69) is 44.0 Å². The molecule has 0 amide bonds. The average Bonchev–Trinajstić information content (AvgIpc) is 3.44. The third-order valence-corrected chi connectivity index (χ3v) is 10.0. The summed E-state index contributed by atoms with van der Waals surface area (Å²) in [5.74, 6) is -1.87. The molecule has 4 aromatic heterocycles. The van der Waals surface area contributed by atoms with Gasteiger partial charge >= 0.3 is 11.9 Å². The predicted octanol–water partition coefficient (Wildman–Crippen LogP) is 8.49. The van der Waals surface area contributed by atoms with Gasteiger partial charge in [0.2, 0.25) is 0 Å². The lowest BCUT2D eigenvalue weighted by Gasteiger charge is -2.09. The highest BCUT2D eigenvalue weighted by atomic mass is 79.9. The van der Waals surface area contributed by atoms with E-state index < -0.39 is 11.9 Å². The van der Waals surface area contributed by atoms with Crippen molar-refractivity contribution in [2.45, 2.75) is 0 Å². The third-order valence-electron chi connectivity index (χ3n) is 4.52. The number of hydrogen-bond donors (Lipinski definition) is 2. The third kappa shape index (κ3) is 3.26. The summed E-state index contributed by atoms with van der Waals surface area (Å²) >= 11 is 12.9. The summed E-state index contributed by atoms with van der Waals surface area (Å²) in [5.41, 5.74) is 2.02. The van der Waals surface area contributed by atoms with Crippen molar-refractivity contribution in [2.75, 3.05) is 0 Å². The molecule has 4 heterocycles. The lowest BCUT2D eigenvalue weighted by Crippen LogP contribution is -1.89. The maximum Gasteiger partial charge on any atom is 0.345 e. The second kappa shape index (κ2) is 7.54. The Bertz CT molecular complexity index is 1320. The number of carbonyl (C=O) groups is 2. The van der Waals surface area contributed by atoms with Crippen LogP contribution in [0.4, 0.5) is 0 Å². The highest BCUT2D eigenvalue weighted by Crippen LogP contribution is 2.52. The summed E-state index contributed by atoms with van der Waals surface area (Å²) in [6.45, 7) is 0. The molecular formula is C20H8Br2O4S4. The van der Waals surface area contributed by atoms with Crippen LogP contribution in [0.5, 0.6) is 0 Å². The minimum atomic E-state index is -0.936. The summed E-state index contributed by atoms with van der Waals surface area (Å²) in [4.78, 5) is 25.2. The van der Waals surface area contributed by atoms with Crippen molar-refractivity contribution < 1.29 is 19.8 Å². The van der Waals surface area contributed by atoms with Crippen molar-refractivity contribution in [3.8, 4) is 20.9 Å². The SMILES string of the molecule is O=C(O)c1ccc(-c2c3cc(Br)sc3c(-c3ccc(C(=O)O)s3)c3cc(Br)sc23)s1. The second-order valence-electron chi connectivity index (χ2n) is 6.27. The molecule has 5 aromatic rings. The molecule has 0 aliphatic carbocycles. The van der Waals surface area contributed by atoms with Gasteiger partial charge < -0.3 is 10.2 Å². The first-order chi connectivity index (χ1) is 14.3. The van der Waals surface area contributed by atoms with Crippen LogP contribution in [0.3, 0.4) is 0 Å². The Morgan fingerprint density at radius 2 is 1.07 bits per heavy atom. The van der Waals surface area contributed by atoms with Crippen molar-refractivity contribution in [1.82, 2.24) is 0 Å². The van der Waals surface area contributed by atoms with E-state index in [0.29, 0.717) is 9.75 Å². The lowest BCUT2D eigenvalue weighted by molar-refractivity contribution is 0.0691. The summed E-state index contributed by atoms with van der Waals surface area (Å²) in [6.07, 6.45) is 0. The summed E-state index contributed by atoms with van der Waals surface area (Å²) in [7, 11) is 0. The van der Waals surface area contributed by atoms with Crippen molar-refractivity contribution in [3.05, 3.63) is 53.7 Å². The molecule has 0 spiro atoms. The quantitative estimate of drug-likeness (QED) is 0.217. The van der Waals surface area contributed by atoms with Crippen LogP contribution in [0.25, 0.3) is 41.1 Å². The van der Waals surface area contributed by atoms with Crippen molar-refractivity contribution in [1.29, 1.82) is 0 Å². The molecule has 10 heteroatoms. The standard InChI is InChI=1S/C20H8Br2O4S4/c21-13-5-7-15(9-1-3-11(27-9)19(23)24)17-8(6-14(22)29-17)16(18(7)30-13)10-2-4-12(28-10)20(25)26/h1-6H,(H,23,24)(H,25,26). The van der Waals surface area contributed by atoms with Gasteiger partial charge in [-0.25, -0.2) is 9.59 Å². The van der Waals surface area contributed by atoms with Crippen LogP contribution in [0.2, 0.25) is 0 Å². The van der Waals surface area contributed by atoms with Crippen LogP contribution in [-0.2, 0) is 0 Å². The normalized spacial score (nSPS) is 11.5. The van der Waals surface area contributed by atoms with Crippen LogP contribution >= 0.6 is 77.2 Å². The largest absolute Gasteiger partial charge is 0.477 e. The molecule has 2 N–H and O–H groups in total. The molecule has 0 radical (unpaired) electrons. The molecule has 4 nitrogen and oxygen atoms in total. The summed E-state index contributed by atoms with van der Waals surface area (Å²) in [6, 6.07) is 11.1. The molecule has 150 valence electrons. The van der Waals surface area contributed by atoms with E-state index in [0.717, 1.165) is 48.6 Å². The van der Waals surface area contributed by atoms with Crippen LogP contribution < -0.4 is 0 Å². The fraction of sp³-hybridized carbons (Fsp3) is 0. The first kappa shape index (κ1) is 20.3. The fourth-order valence-corrected chi connectivity index (χ4v) is 8.68. The number of carboxylic acids is 2. The molecule has 0 saturated heterocycles. The number of hydrogen-bond acceptors (Lipinski definition) is 6. The van der Waals surface area contributed by atoms with E-state index in [1.54, 1.807) is 34.8 Å². The molecule has 0 unspecified atom stereocenters. The van der Waals surface area contributed by atoms with Gasteiger partial charge in [0, 0.05) is 41.1 Å². The molecule has 0 atom stereocenters. The smallest absolute Gasteiger partial charge is 0.345 e. The van der Waals surface area contributed by atoms with E-state index in [9.17, 15) is 19.8 Å². The second-order valence-corrected chi connectivity index (χ2v) is 13.3. The number of carboxylic acid groups (broad SMARTS) is 2. The molecule has 5 rings (SSSR count). The number of thiophene rings is 4. The van der Waals surface area contributed by atoms with E-state index in [1.165, 1.54) is 22.7 Å². The molecule has 30 heavy (non-hydrogen) atoms. The molecular weight excluding hydrogens is 592 g/mol. The Kier molecular flexibility index (Phi) is 5.11. The number of aromatic carboxylic acids is 2. The molecule has 0 fully saturated rings. The number of fused-ring (bicyclic) bond motifs is 2. The van der Waals surface area contributed by atoms with E-state index >= 15 is 0 Å². The predicted molar refractivity (Wildman–Crippen MR) is 133 cm³/mol. The van der Waals surface area contributed by atoms with Gasteiger partial charge in [-0.3, -0.25) is 0 Å². The molecule has 0 aliphatic rings. The summed E-state index contributed by atoms with van der Waals surface area (Å²) < 4.78 is 4.00. The number of benzene rings is 1. The van der Waals surface area contributed by atoms with Crippen molar-refractivity contribution in [3.63, 3.8) is 0 Å². The van der Waals surface area contributed by atoms with Crippen molar-refractivity contribution >= 4 is 109 Å². The topological polar surface area (TPSA) is 74.6 Å². The zero-order valence-corrected chi connectivity index (χ0v) is 21.0. The van der Waals surface area contributed by atoms with Crippen LogP contribution in [0.15, 0.2) is 44.0 Å². The zero-order valence-electron chi connectivity index (χ0n) is 14.6. The van der Waals surface area contributed by atoms with Gasteiger partial charge in [-0.1, -0.05) is 0 Å². The van der Waals surface area contributed by atoms with Gasteiger partial charge in [-0.05, 0) is 68.3 Å². The highest BCUT2D eigenvalue weighted by Gasteiger charge is 2.23. The minimum absolute atomic E-state index is 0.296. The van der Waals surface area contributed by atoms with Gasteiger partial charge in [0.15, 0.2) is 0 Å². The maximum atomic E-state index is 11.4. The van der Waals surface area contributed by atoms with Gasteiger partial charge in [0.25, 0.3) is 0 Å². The Hall–Kier alpha value is -1.56. The molecule has 0 aliphatic heterocycles. The monoisotopic (exact) mass is 598 g/mol. The zero-order chi connectivity index (χ0) is 21.2. The van der Waals surface area contributed by atoms with E-state index in [1.807, 2.05) is 12.1 Å².